The van der Waals surface area contributed by atoms with Gasteiger partial charge in [0, 0.05) is 17.3 Å². The van der Waals surface area contributed by atoms with Gasteiger partial charge in [-0.3, -0.25) is 9.59 Å². The van der Waals surface area contributed by atoms with Gasteiger partial charge in [-0.25, -0.2) is 4.79 Å². The molecule has 0 bridgehead atoms. The van der Waals surface area contributed by atoms with Crippen molar-refractivity contribution >= 4 is 17.5 Å². The summed E-state index contributed by atoms with van der Waals surface area (Å²) >= 11 is 0. The second-order valence-electron chi connectivity index (χ2n) is 9.10. The molecule has 0 spiro atoms. The molecule has 4 aliphatic carbocycles. The molecule has 0 aliphatic heterocycles. The van der Waals surface area contributed by atoms with E-state index in [4.69, 9.17) is 0 Å². The zero-order valence-corrected chi connectivity index (χ0v) is 15.3. The van der Waals surface area contributed by atoms with Gasteiger partial charge >= 0.3 is 5.97 Å². The minimum atomic E-state index is -1.36. The van der Waals surface area contributed by atoms with E-state index in [2.05, 4.69) is 6.92 Å². The fourth-order valence-corrected chi connectivity index (χ4v) is 6.91. The highest BCUT2D eigenvalue weighted by atomic mass is 16.4. The zero-order chi connectivity index (χ0) is 18.9. The standard InChI is InChI=1S/C21H26O5/c1-20-8-7-12(22)9-11(20)3-4-13-14-5-6-15(18(24)19(25)26)21(14,2)10-16(23)17(13)20/h7-9,13-17,23H,3-6,10H2,1-2H3,(H,25,26)/t13-,14-,15+,16?,17+,20-,21-/m0/s1. The third-order valence-corrected chi connectivity index (χ3v) is 8.02. The Labute approximate surface area is 153 Å². The molecule has 1 unspecified atom stereocenters. The number of Topliss-reactive ketones (excluding diaryl/α,β-unsaturated/α-hetero) is 1. The van der Waals surface area contributed by atoms with Crippen LogP contribution in [-0.2, 0) is 14.4 Å². The Hall–Kier alpha value is -1.75. The van der Waals surface area contributed by atoms with Gasteiger partial charge < -0.3 is 10.2 Å². The number of carboxylic acid groups (broad SMARTS) is 1. The summed E-state index contributed by atoms with van der Waals surface area (Å²) in [6.07, 6.45) is 8.29. The number of allylic oxidation sites excluding steroid dienone is 4. The van der Waals surface area contributed by atoms with E-state index in [-0.39, 0.29) is 29.0 Å². The topological polar surface area (TPSA) is 91.7 Å². The van der Waals surface area contributed by atoms with Crippen LogP contribution in [0.3, 0.4) is 0 Å². The molecule has 3 saturated carbocycles. The lowest BCUT2D eigenvalue weighted by atomic mass is 9.46. The van der Waals surface area contributed by atoms with Crippen molar-refractivity contribution in [3.8, 4) is 0 Å². The van der Waals surface area contributed by atoms with Crippen molar-refractivity contribution in [1.82, 2.24) is 0 Å². The van der Waals surface area contributed by atoms with E-state index in [1.807, 2.05) is 13.0 Å². The number of aliphatic carboxylic acids is 1. The minimum Gasteiger partial charge on any atom is -0.475 e. The maximum atomic E-state index is 12.3. The summed E-state index contributed by atoms with van der Waals surface area (Å²) in [6, 6.07) is 0. The van der Waals surface area contributed by atoms with Crippen molar-refractivity contribution in [3.05, 3.63) is 23.8 Å². The van der Waals surface area contributed by atoms with Gasteiger partial charge in [0.2, 0.25) is 5.78 Å². The number of aliphatic hydroxyl groups excluding tert-OH is 1. The lowest BCUT2D eigenvalue weighted by Crippen LogP contribution is -2.56. The number of carboxylic acids is 1. The first-order valence-corrected chi connectivity index (χ1v) is 9.58. The second-order valence-corrected chi connectivity index (χ2v) is 9.10. The van der Waals surface area contributed by atoms with Crippen molar-refractivity contribution in [2.24, 2.45) is 34.5 Å². The van der Waals surface area contributed by atoms with E-state index in [0.29, 0.717) is 12.8 Å². The van der Waals surface area contributed by atoms with Gasteiger partial charge in [0.1, 0.15) is 0 Å². The number of hydrogen-bond donors (Lipinski definition) is 2. The molecular weight excluding hydrogens is 332 g/mol. The van der Waals surface area contributed by atoms with Gasteiger partial charge in [-0.05, 0) is 61.5 Å². The summed E-state index contributed by atoms with van der Waals surface area (Å²) in [7, 11) is 0. The maximum Gasteiger partial charge on any atom is 0.372 e. The monoisotopic (exact) mass is 358 g/mol. The van der Waals surface area contributed by atoms with Crippen LogP contribution in [0.5, 0.6) is 0 Å². The third kappa shape index (κ3) is 2.22. The number of ketones is 2. The van der Waals surface area contributed by atoms with Crippen LogP contribution in [0.4, 0.5) is 0 Å². The molecule has 5 nitrogen and oxygen atoms in total. The largest absolute Gasteiger partial charge is 0.475 e. The van der Waals surface area contributed by atoms with E-state index < -0.39 is 29.2 Å². The average Bonchev–Trinajstić information content (AvgIpc) is 2.90. The van der Waals surface area contributed by atoms with Crippen molar-refractivity contribution in [1.29, 1.82) is 0 Å². The van der Waals surface area contributed by atoms with Crippen LogP contribution in [0.1, 0.15) is 46.0 Å². The maximum absolute atomic E-state index is 12.3. The molecule has 4 aliphatic rings. The molecule has 2 N–H and O–H groups in total. The molecule has 0 saturated heterocycles. The first-order chi connectivity index (χ1) is 12.2. The molecule has 0 amide bonds. The Morgan fingerprint density at radius 1 is 1.19 bits per heavy atom. The molecule has 0 aromatic carbocycles. The summed E-state index contributed by atoms with van der Waals surface area (Å²) in [5.41, 5.74) is 0.318. The van der Waals surface area contributed by atoms with E-state index in [1.54, 1.807) is 12.2 Å². The molecule has 0 radical (unpaired) electrons. The Kier molecular flexibility index (Phi) is 3.82. The summed E-state index contributed by atoms with van der Waals surface area (Å²) in [4.78, 5) is 35.3. The quantitative estimate of drug-likeness (QED) is 0.740. The normalized spacial score (nSPS) is 46.8. The van der Waals surface area contributed by atoms with Crippen molar-refractivity contribution in [3.63, 3.8) is 0 Å². The average molecular weight is 358 g/mol. The number of carbonyl (C=O) groups excluding carboxylic acids is 2. The van der Waals surface area contributed by atoms with Crippen LogP contribution < -0.4 is 0 Å². The minimum absolute atomic E-state index is 0.0130. The van der Waals surface area contributed by atoms with Crippen LogP contribution >= 0.6 is 0 Å². The Bertz CT molecular complexity index is 750. The highest BCUT2D eigenvalue weighted by Gasteiger charge is 2.63. The zero-order valence-electron chi connectivity index (χ0n) is 15.3. The molecule has 140 valence electrons. The van der Waals surface area contributed by atoms with E-state index in [9.17, 15) is 24.6 Å². The predicted octanol–water partition coefficient (Wildman–Crippen LogP) is 2.54. The lowest BCUT2D eigenvalue weighted by molar-refractivity contribution is -0.157. The summed E-state index contributed by atoms with van der Waals surface area (Å²) in [5, 5.41) is 20.3. The molecule has 0 heterocycles. The highest BCUT2D eigenvalue weighted by Crippen LogP contribution is 2.66. The summed E-state index contributed by atoms with van der Waals surface area (Å²) < 4.78 is 0. The molecular formula is C21H26O5. The predicted molar refractivity (Wildman–Crippen MR) is 94.1 cm³/mol. The molecule has 7 atom stereocenters. The molecule has 0 aromatic rings. The Morgan fingerprint density at radius 3 is 2.62 bits per heavy atom. The van der Waals surface area contributed by atoms with E-state index in [1.165, 1.54) is 0 Å². The van der Waals surface area contributed by atoms with Crippen molar-refractivity contribution < 1.29 is 24.6 Å². The highest BCUT2D eigenvalue weighted by molar-refractivity contribution is 6.33. The van der Waals surface area contributed by atoms with Crippen molar-refractivity contribution in [2.45, 2.75) is 52.1 Å². The van der Waals surface area contributed by atoms with Crippen LogP contribution in [0.15, 0.2) is 23.8 Å². The van der Waals surface area contributed by atoms with Gasteiger partial charge in [0.15, 0.2) is 5.78 Å². The summed E-state index contributed by atoms with van der Waals surface area (Å²) in [6.45, 7) is 4.11. The first kappa shape index (κ1) is 17.7. The van der Waals surface area contributed by atoms with Gasteiger partial charge in [-0.1, -0.05) is 25.5 Å². The fraction of sp³-hybridized carbons (Fsp3) is 0.667. The molecule has 3 fully saturated rings. The van der Waals surface area contributed by atoms with Gasteiger partial charge in [-0.2, -0.15) is 0 Å². The van der Waals surface area contributed by atoms with Gasteiger partial charge in [0.25, 0.3) is 0 Å². The third-order valence-electron chi connectivity index (χ3n) is 8.02. The van der Waals surface area contributed by atoms with E-state index in [0.717, 1.165) is 24.8 Å². The first-order valence-electron chi connectivity index (χ1n) is 9.58. The number of aliphatic hydroxyl groups is 1. The summed E-state index contributed by atoms with van der Waals surface area (Å²) in [5.74, 6) is -2.05. The van der Waals surface area contributed by atoms with E-state index >= 15 is 0 Å². The Balaban J connectivity index is 1.71. The Morgan fingerprint density at radius 2 is 1.92 bits per heavy atom. The van der Waals surface area contributed by atoms with Crippen LogP contribution in [0, 0.1) is 34.5 Å². The van der Waals surface area contributed by atoms with Gasteiger partial charge in [-0.15, -0.1) is 0 Å². The number of rotatable bonds is 2. The number of carbonyl (C=O) groups is 3. The molecule has 26 heavy (non-hydrogen) atoms. The second kappa shape index (κ2) is 5.62. The van der Waals surface area contributed by atoms with Crippen LogP contribution in [0.25, 0.3) is 0 Å². The van der Waals surface area contributed by atoms with Crippen molar-refractivity contribution in [2.75, 3.05) is 0 Å². The molecule has 5 heteroatoms. The SMILES string of the molecule is C[C@]12CC(O)[C@H]3[C@@H](CCC4=CC(=O)C=C[C@@]43C)[C@@H]1CC[C@@H]2C(=O)C(=O)O. The van der Waals surface area contributed by atoms with Crippen LogP contribution in [0.2, 0.25) is 0 Å². The van der Waals surface area contributed by atoms with Crippen LogP contribution in [-0.4, -0.2) is 33.9 Å². The lowest BCUT2D eigenvalue weighted by Gasteiger charge is -2.58. The molecule has 0 aromatic heterocycles. The number of fused-ring (bicyclic) bond motifs is 5. The smallest absolute Gasteiger partial charge is 0.372 e. The van der Waals surface area contributed by atoms with Gasteiger partial charge in [0.05, 0.1) is 6.10 Å². The molecule has 4 rings (SSSR count). The fourth-order valence-electron chi connectivity index (χ4n) is 6.91. The number of hydrogen-bond acceptors (Lipinski definition) is 4.